The van der Waals surface area contributed by atoms with Gasteiger partial charge in [0.15, 0.2) is 0 Å². The Morgan fingerprint density at radius 2 is 1.55 bits per heavy atom. The van der Waals surface area contributed by atoms with Crippen molar-refractivity contribution in [1.82, 2.24) is 20.0 Å². The first-order chi connectivity index (χ1) is 12.7. The largest absolute Gasteiger partial charge is 0.369 e. The molecule has 1 aromatic carbocycles. The van der Waals surface area contributed by atoms with E-state index < -0.39 is 0 Å². The van der Waals surface area contributed by atoms with E-state index in [1.54, 1.807) is 0 Å². The Hall–Kier alpha value is -0.760. The zero-order valence-corrected chi connectivity index (χ0v) is 19.7. The minimum atomic E-state index is 0. The van der Waals surface area contributed by atoms with E-state index in [1.807, 2.05) is 4.90 Å². The van der Waals surface area contributed by atoms with Crippen molar-refractivity contribution in [1.29, 1.82) is 0 Å². The van der Waals surface area contributed by atoms with Crippen LogP contribution < -0.4 is 10.2 Å². The number of hydrogen-bond acceptors (Lipinski definition) is 5. The van der Waals surface area contributed by atoms with Crippen LogP contribution in [-0.4, -0.2) is 99.6 Å². The molecule has 0 spiro atoms. The fourth-order valence-electron chi connectivity index (χ4n) is 3.65. The lowest BCUT2D eigenvalue weighted by molar-refractivity contribution is -0.132. The van der Waals surface area contributed by atoms with Gasteiger partial charge in [0.25, 0.3) is 0 Å². The highest BCUT2D eigenvalue weighted by atomic mass is 35.5. The van der Waals surface area contributed by atoms with Crippen molar-refractivity contribution in [2.45, 2.75) is 6.42 Å². The van der Waals surface area contributed by atoms with E-state index >= 15 is 0 Å². The van der Waals surface area contributed by atoms with Gasteiger partial charge in [0.2, 0.25) is 5.91 Å². The number of rotatable bonds is 7. The first-order valence-corrected chi connectivity index (χ1v) is 9.92. The number of benzene rings is 1. The standard InChI is InChI=1S/C20H33N5O.3ClH/c1-22(10-7-20(26)25-11-8-21-9-12-25)13-14-23-15-17-24(18-16-23)19-5-3-2-4-6-19;;;/h2-6,21H,7-18H2,1H3;3*1H. The Kier molecular flexibility index (Phi) is 14.7. The smallest absolute Gasteiger partial charge is 0.223 e. The van der Waals surface area contributed by atoms with Crippen molar-refractivity contribution in [2.24, 2.45) is 0 Å². The molecule has 2 fully saturated rings. The molecule has 3 rings (SSSR count). The molecule has 2 heterocycles. The fourth-order valence-corrected chi connectivity index (χ4v) is 3.65. The predicted octanol–water partition coefficient (Wildman–Crippen LogP) is 1.83. The summed E-state index contributed by atoms with van der Waals surface area (Å²) in [6, 6.07) is 10.7. The van der Waals surface area contributed by atoms with Crippen molar-refractivity contribution in [3.05, 3.63) is 30.3 Å². The average Bonchev–Trinajstić information content (AvgIpc) is 2.72. The lowest BCUT2D eigenvalue weighted by Crippen LogP contribution is -2.48. The van der Waals surface area contributed by atoms with Gasteiger partial charge >= 0.3 is 0 Å². The molecule has 2 aliphatic rings. The summed E-state index contributed by atoms with van der Waals surface area (Å²) in [7, 11) is 2.13. The van der Waals surface area contributed by atoms with Crippen LogP contribution in [0, 0.1) is 0 Å². The van der Waals surface area contributed by atoms with Crippen molar-refractivity contribution >= 4 is 48.8 Å². The molecule has 1 N–H and O–H groups in total. The monoisotopic (exact) mass is 467 g/mol. The average molecular weight is 469 g/mol. The van der Waals surface area contributed by atoms with E-state index in [-0.39, 0.29) is 37.2 Å². The highest BCUT2D eigenvalue weighted by Gasteiger charge is 2.18. The zero-order chi connectivity index (χ0) is 18.2. The molecule has 29 heavy (non-hydrogen) atoms. The minimum absolute atomic E-state index is 0. The number of anilines is 1. The third-order valence-corrected chi connectivity index (χ3v) is 5.47. The number of nitrogens with one attached hydrogen (secondary N) is 1. The minimum Gasteiger partial charge on any atom is -0.369 e. The van der Waals surface area contributed by atoms with E-state index in [4.69, 9.17) is 0 Å². The van der Waals surface area contributed by atoms with E-state index in [0.29, 0.717) is 12.3 Å². The lowest BCUT2D eigenvalue weighted by Gasteiger charge is -2.36. The van der Waals surface area contributed by atoms with Crippen LogP contribution in [0.1, 0.15) is 6.42 Å². The van der Waals surface area contributed by atoms with Gasteiger partial charge in [0.1, 0.15) is 0 Å². The molecule has 2 aliphatic heterocycles. The summed E-state index contributed by atoms with van der Waals surface area (Å²) >= 11 is 0. The van der Waals surface area contributed by atoms with Crippen LogP contribution in [0.15, 0.2) is 30.3 Å². The molecule has 168 valence electrons. The first-order valence-electron chi connectivity index (χ1n) is 9.92. The van der Waals surface area contributed by atoms with Crippen LogP contribution in [0.25, 0.3) is 0 Å². The van der Waals surface area contributed by atoms with E-state index in [2.05, 4.69) is 57.4 Å². The maximum absolute atomic E-state index is 12.2. The van der Waals surface area contributed by atoms with Gasteiger partial charge in [-0.2, -0.15) is 0 Å². The van der Waals surface area contributed by atoms with Gasteiger partial charge in [-0.05, 0) is 19.2 Å². The number of carbonyl (C=O) groups excluding carboxylic acids is 1. The number of amides is 1. The second-order valence-corrected chi connectivity index (χ2v) is 7.35. The summed E-state index contributed by atoms with van der Waals surface area (Å²) in [5.41, 5.74) is 1.33. The first kappa shape index (κ1) is 28.2. The van der Waals surface area contributed by atoms with E-state index in [1.165, 1.54) is 5.69 Å². The summed E-state index contributed by atoms with van der Waals surface area (Å²) in [6.07, 6.45) is 0.637. The normalized spacial score (nSPS) is 17.2. The summed E-state index contributed by atoms with van der Waals surface area (Å²) in [6.45, 7) is 10.9. The topological polar surface area (TPSA) is 42.1 Å². The van der Waals surface area contributed by atoms with Crippen LogP contribution in [-0.2, 0) is 4.79 Å². The second-order valence-electron chi connectivity index (χ2n) is 7.35. The molecule has 0 aromatic heterocycles. The SMILES string of the molecule is CN(CCC(=O)N1CCNCC1)CCN1CCN(c2ccccc2)CC1.Cl.Cl.Cl. The lowest BCUT2D eigenvalue weighted by atomic mass is 10.2. The van der Waals surface area contributed by atoms with Crippen molar-refractivity contribution in [3.8, 4) is 0 Å². The highest BCUT2D eigenvalue weighted by Crippen LogP contribution is 2.15. The van der Waals surface area contributed by atoms with Crippen molar-refractivity contribution < 1.29 is 4.79 Å². The maximum Gasteiger partial charge on any atom is 0.223 e. The zero-order valence-electron chi connectivity index (χ0n) is 17.3. The molecule has 0 unspecified atom stereocenters. The Bertz CT molecular complexity index is 552. The fraction of sp³-hybridized carbons (Fsp3) is 0.650. The Morgan fingerprint density at radius 1 is 0.931 bits per heavy atom. The number of carbonyl (C=O) groups is 1. The second kappa shape index (κ2) is 15.1. The Morgan fingerprint density at radius 3 is 2.17 bits per heavy atom. The van der Waals surface area contributed by atoms with Gasteiger partial charge in [-0.15, -0.1) is 37.2 Å². The Labute approximate surface area is 194 Å². The molecule has 2 saturated heterocycles. The molecule has 9 heteroatoms. The number of hydrogen-bond donors (Lipinski definition) is 1. The summed E-state index contributed by atoms with van der Waals surface area (Å²) in [4.78, 5) is 21.5. The van der Waals surface area contributed by atoms with Gasteiger partial charge in [-0.3, -0.25) is 9.69 Å². The van der Waals surface area contributed by atoms with Gasteiger partial charge < -0.3 is 20.0 Å². The van der Waals surface area contributed by atoms with Crippen LogP contribution >= 0.6 is 37.2 Å². The summed E-state index contributed by atoms with van der Waals surface area (Å²) < 4.78 is 0. The van der Waals surface area contributed by atoms with Crippen LogP contribution in [0.2, 0.25) is 0 Å². The Balaban J connectivity index is 0.00000261. The van der Waals surface area contributed by atoms with E-state index in [9.17, 15) is 4.79 Å². The molecule has 0 atom stereocenters. The van der Waals surface area contributed by atoms with Crippen molar-refractivity contribution in [2.75, 3.05) is 83.9 Å². The molecule has 0 aliphatic carbocycles. The highest BCUT2D eigenvalue weighted by molar-refractivity contribution is 5.86. The molecule has 0 radical (unpaired) electrons. The molecule has 1 amide bonds. The predicted molar refractivity (Wildman–Crippen MR) is 128 cm³/mol. The van der Waals surface area contributed by atoms with Crippen LogP contribution in [0.5, 0.6) is 0 Å². The van der Waals surface area contributed by atoms with E-state index in [0.717, 1.165) is 72.0 Å². The van der Waals surface area contributed by atoms with Gasteiger partial charge in [-0.25, -0.2) is 0 Å². The van der Waals surface area contributed by atoms with Crippen LogP contribution in [0.4, 0.5) is 5.69 Å². The third kappa shape index (κ3) is 9.28. The molecular weight excluding hydrogens is 433 g/mol. The molecule has 6 nitrogen and oxygen atoms in total. The number of para-hydroxylation sites is 1. The summed E-state index contributed by atoms with van der Waals surface area (Å²) in [5, 5.41) is 3.29. The summed E-state index contributed by atoms with van der Waals surface area (Å²) in [5.74, 6) is 0.301. The molecule has 0 saturated carbocycles. The van der Waals surface area contributed by atoms with Crippen LogP contribution in [0.3, 0.4) is 0 Å². The number of piperazine rings is 2. The van der Waals surface area contributed by atoms with Gasteiger partial charge in [0, 0.05) is 84.1 Å². The number of nitrogens with zero attached hydrogens (tertiary/aromatic N) is 4. The molecular formula is C20H36Cl3N5O. The van der Waals surface area contributed by atoms with Gasteiger partial charge in [-0.1, -0.05) is 18.2 Å². The third-order valence-electron chi connectivity index (χ3n) is 5.47. The molecule has 0 bridgehead atoms. The van der Waals surface area contributed by atoms with Gasteiger partial charge in [0.05, 0.1) is 0 Å². The number of halogens is 3. The molecule has 1 aromatic rings. The van der Waals surface area contributed by atoms with Crippen molar-refractivity contribution in [3.63, 3.8) is 0 Å². The maximum atomic E-state index is 12.2. The number of likely N-dealkylation sites (N-methyl/N-ethyl adjacent to an activating group) is 1. The quantitative estimate of drug-likeness (QED) is 0.661.